The Kier molecular flexibility index (Phi) is 5.00. The third kappa shape index (κ3) is 3.33. The van der Waals surface area contributed by atoms with Crippen LogP contribution in [0.15, 0.2) is 47.8 Å². The molecule has 7 nitrogen and oxygen atoms in total. The van der Waals surface area contributed by atoms with Crippen molar-refractivity contribution in [1.82, 2.24) is 19.1 Å². The SMILES string of the molecule is C=CCc1nc2nc(N3CCCC(N)C3)n(Cc3ccccc3)c2c(=O)n1C. The molecule has 1 fully saturated rings. The molecule has 3 heterocycles. The lowest BCUT2D eigenvalue weighted by Crippen LogP contribution is -2.44. The second kappa shape index (κ2) is 7.59. The molecule has 0 saturated carbocycles. The Hall–Kier alpha value is -2.93. The minimum atomic E-state index is -0.0853. The third-order valence-electron chi connectivity index (χ3n) is 5.31. The number of fused-ring (bicyclic) bond motifs is 1. The van der Waals surface area contributed by atoms with E-state index < -0.39 is 0 Å². The van der Waals surface area contributed by atoms with Gasteiger partial charge in [-0.15, -0.1) is 6.58 Å². The first kappa shape index (κ1) is 18.4. The van der Waals surface area contributed by atoms with Crippen LogP contribution in [0, 0.1) is 0 Å². The maximum absolute atomic E-state index is 13.2. The lowest BCUT2D eigenvalue weighted by atomic mass is 10.1. The molecule has 2 N–H and O–H groups in total. The van der Waals surface area contributed by atoms with Crippen molar-refractivity contribution in [3.8, 4) is 0 Å². The van der Waals surface area contributed by atoms with Gasteiger partial charge in [-0.25, -0.2) is 4.98 Å². The summed E-state index contributed by atoms with van der Waals surface area (Å²) in [5.41, 5.74) is 8.26. The summed E-state index contributed by atoms with van der Waals surface area (Å²) in [5, 5.41) is 0. The Morgan fingerprint density at radius 3 is 2.79 bits per heavy atom. The van der Waals surface area contributed by atoms with Crippen molar-refractivity contribution >= 4 is 17.1 Å². The summed E-state index contributed by atoms with van der Waals surface area (Å²) in [4.78, 5) is 24.8. The second-order valence-electron chi connectivity index (χ2n) is 7.39. The lowest BCUT2D eigenvalue weighted by Gasteiger charge is -2.31. The van der Waals surface area contributed by atoms with Crippen molar-refractivity contribution in [2.75, 3.05) is 18.0 Å². The van der Waals surface area contributed by atoms with Gasteiger partial charge in [0.25, 0.3) is 5.56 Å². The highest BCUT2D eigenvalue weighted by Crippen LogP contribution is 2.24. The molecule has 0 amide bonds. The minimum Gasteiger partial charge on any atom is -0.341 e. The van der Waals surface area contributed by atoms with E-state index in [4.69, 9.17) is 10.7 Å². The largest absolute Gasteiger partial charge is 0.341 e. The van der Waals surface area contributed by atoms with Crippen LogP contribution in [-0.4, -0.2) is 38.2 Å². The van der Waals surface area contributed by atoms with Gasteiger partial charge in [0.05, 0.1) is 6.54 Å². The van der Waals surface area contributed by atoms with Gasteiger partial charge in [0.1, 0.15) is 5.82 Å². The Bertz CT molecular complexity index is 1050. The molecule has 0 bridgehead atoms. The fraction of sp³-hybridized carbons (Fsp3) is 0.381. The standard InChI is InChI=1S/C21H26N6O/c1-3-8-17-23-19-18(20(28)25(17)2)27(13-15-9-5-4-6-10-15)21(24-19)26-12-7-11-16(22)14-26/h3-6,9-10,16H,1,7-8,11-14,22H2,2H3. The van der Waals surface area contributed by atoms with Crippen molar-refractivity contribution in [1.29, 1.82) is 0 Å². The maximum atomic E-state index is 13.2. The maximum Gasteiger partial charge on any atom is 0.279 e. The zero-order valence-electron chi connectivity index (χ0n) is 16.2. The van der Waals surface area contributed by atoms with Gasteiger partial charge in [0.2, 0.25) is 5.95 Å². The Morgan fingerprint density at radius 1 is 1.29 bits per heavy atom. The van der Waals surface area contributed by atoms with Gasteiger partial charge >= 0.3 is 0 Å². The van der Waals surface area contributed by atoms with Crippen molar-refractivity contribution < 1.29 is 0 Å². The van der Waals surface area contributed by atoms with Crippen LogP contribution >= 0.6 is 0 Å². The van der Waals surface area contributed by atoms with Crippen LogP contribution in [0.1, 0.15) is 24.2 Å². The van der Waals surface area contributed by atoms with Gasteiger partial charge in [-0.3, -0.25) is 13.9 Å². The van der Waals surface area contributed by atoms with E-state index in [0.29, 0.717) is 30.0 Å². The predicted octanol–water partition coefficient (Wildman–Crippen LogP) is 1.83. The van der Waals surface area contributed by atoms with Gasteiger partial charge in [0.15, 0.2) is 11.2 Å². The fourth-order valence-corrected chi connectivity index (χ4v) is 3.85. The van der Waals surface area contributed by atoms with E-state index in [0.717, 1.165) is 37.4 Å². The molecule has 1 aliphatic rings. The quantitative estimate of drug-likeness (QED) is 0.685. The van der Waals surface area contributed by atoms with E-state index in [1.165, 1.54) is 0 Å². The molecule has 1 saturated heterocycles. The van der Waals surface area contributed by atoms with Crippen LogP contribution in [0.5, 0.6) is 0 Å². The van der Waals surface area contributed by atoms with E-state index in [9.17, 15) is 4.79 Å². The number of nitrogens with two attached hydrogens (primary N) is 1. The molecule has 1 aromatic carbocycles. The zero-order valence-corrected chi connectivity index (χ0v) is 16.2. The zero-order chi connectivity index (χ0) is 19.7. The Morgan fingerprint density at radius 2 is 2.07 bits per heavy atom. The first-order valence-corrected chi connectivity index (χ1v) is 9.70. The summed E-state index contributed by atoms with van der Waals surface area (Å²) in [6.07, 6.45) is 4.30. The van der Waals surface area contributed by atoms with E-state index >= 15 is 0 Å². The number of anilines is 1. The highest BCUT2D eigenvalue weighted by atomic mass is 16.1. The van der Waals surface area contributed by atoms with Gasteiger partial charge in [-0.05, 0) is 18.4 Å². The topological polar surface area (TPSA) is 82.0 Å². The van der Waals surface area contributed by atoms with Crippen molar-refractivity contribution in [3.63, 3.8) is 0 Å². The normalized spacial score (nSPS) is 17.2. The van der Waals surface area contributed by atoms with Crippen LogP contribution in [0.4, 0.5) is 5.95 Å². The summed E-state index contributed by atoms with van der Waals surface area (Å²) < 4.78 is 3.59. The van der Waals surface area contributed by atoms with Crippen LogP contribution in [0.2, 0.25) is 0 Å². The second-order valence-corrected chi connectivity index (χ2v) is 7.39. The molecule has 4 rings (SSSR count). The Balaban J connectivity index is 1.90. The molecule has 0 spiro atoms. The molecule has 146 valence electrons. The van der Waals surface area contributed by atoms with Crippen molar-refractivity contribution in [2.24, 2.45) is 12.8 Å². The molecule has 2 aromatic heterocycles. The molecule has 1 unspecified atom stereocenters. The number of piperidine rings is 1. The lowest BCUT2D eigenvalue weighted by molar-refractivity contribution is 0.495. The number of allylic oxidation sites excluding steroid dienone is 1. The van der Waals surface area contributed by atoms with Gasteiger partial charge < -0.3 is 10.6 Å². The summed E-state index contributed by atoms with van der Waals surface area (Å²) in [6.45, 7) is 5.94. The first-order valence-electron chi connectivity index (χ1n) is 9.70. The number of hydrogen-bond acceptors (Lipinski definition) is 5. The average molecular weight is 378 g/mol. The van der Waals surface area contributed by atoms with E-state index in [1.54, 1.807) is 17.7 Å². The van der Waals surface area contributed by atoms with Crippen LogP contribution in [0.25, 0.3) is 11.2 Å². The summed E-state index contributed by atoms with van der Waals surface area (Å²) in [6, 6.07) is 10.2. The number of rotatable bonds is 5. The Labute approximate surface area is 164 Å². The van der Waals surface area contributed by atoms with Crippen LogP contribution in [0.3, 0.4) is 0 Å². The molecule has 3 aromatic rings. The third-order valence-corrected chi connectivity index (χ3v) is 5.31. The van der Waals surface area contributed by atoms with Crippen molar-refractivity contribution in [2.45, 2.75) is 31.8 Å². The van der Waals surface area contributed by atoms with Crippen molar-refractivity contribution in [3.05, 3.63) is 64.7 Å². The molecular formula is C21H26N6O. The van der Waals surface area contributed by atoms with E-state index in [1.807, 2.05) is 22.8 Å². The number of imidazole rings is 1. The smallest absolute Gasteiger partial charge is 0.279 e. The number of hydrogen-bond donors (Lipinski definition) is 1. The average Bonchev–Trinajstić information content (AvgIpc) is 3.05. The van der Waals surface area contributed by atoms with Gasteiger partial charge in [-0.2, -0.15) is 4.98 Å². The number of aromatic nitrogens is 4. The first-order chi connectivity index (χ1) is 13.6. The summed E-state index contributed by atoms with van der Waals surface area (Å²) >= 11 is 0. The number of benzene rings is 1. The molecule has 1 aliphatic heterocycles. The molecule has 28 heavy (non-hydrogen) atoms. The van der Waals surface area contributed by atoms with E-state index in [2.05, 4.69) is 28.6 Å². The van der Waals surface area contributed by atoms with Gasteiger partial charge in [0, 0.05) is 32.6 Å². The highest BCUT2D eigenvalue weighted by molar-refractivity contribution is 5.74. The molecule has 1 atom stereocenters. The molecule has 0 radical (unpaired) electrons. The minimum absolute atomic E-state index is 0.0853. The monoisotopic (exact) mass is 378 g/mol. The fourth-order valence-electron chi connectivity index (χ4n) is 3.85. The van der Waals surface area contributed by atoms with Crippen LogP contribution < -0.4 is 16.2 Å². The van der Waals surface area contributed by atoms with Gasteiger partial charge in [-0.1, -0.05) is 36.4 Å². The number of nitrogens with zero attached hydrogens (tertiary/aromatic N) is 5. The highest BCUT2D eigenvalue weighted by Gasteiger charge is 2.25. The van der Waals surface area contributed by atoms with E-state index in [-0.39, 0.29) is 11.6 Å². The van der Waals surface area contributed by atoms with Crippen LogP contribution in [-0.2, 0) is 20.0 Å². The predicted molar refractivity (Wildman–Crippen MR) is 112 cm³/mol. The summed E-state index contributed by atoms with van der Waals surface area (Å²) in [5.74, 6) is 1.44. The summed E-state index contributed by atoms with van der Waals surface area (Å²) in [7, 11) is 1.75. The molecular weight excluding hydrogens is 352 g/mol. The molecule has 0 aliphatic carbocycles. The molecule has 7 heteroatoms.